The van der Waals surface area contributed by atoms with E-state index in [0.29, 0.717) is 19.4 Å². The Balaban J connectivity index is 1.60. The third-order valence-corrected chi connectivity index (χ3v) is 7.98. The van der Waals surface area contributed by atoms with E-state index in [1.165, 1.54) is 28.4 Å². The Bertz CT molecular complexity index is 877. The lowest BCUT2D eigenvalue weighted by Gasteiger charge is -2.27. The summed E-state index contributed by atoms with van der Waals surface area (Å²) in [4.78, 5) is 30.0. The summed E-state index contributed by atoms with van der Waals surface area (Å²) in [6, 6.07) is 4.05. The normalized spacial score (nSPS) is 25.2. The molecule has 1 saturated carbocycles. The van der Waals surface area contributed by atoms with E-state index in [9.17, 15) is 22.4 Å². The number of benzene rings is 1. The third-order valence-electron chi connectivity index (χ3n) is 6.13. The maximum atomic E-state index is 13.1. The minimum atomic E-state index is -3.71. The fourth-order valence-electron chi connectivity index (χ4n) is 4.34. The molecule has 2 aliphatic rings. The SMILES string of the molecule is CC(C)[C@@H](C=O)N(C)C(=O)ON[C@H]1CC[C@@H]2CN(S(=O)(=O)c3ccc(F)cc3)C[C@@H]21. The maximum Gasteiger partial charge on any atom is 0.429 e. The molecule has 1 aliphatic carbocycles. The zero-order valence-corrected chi connectivity index (χ0v) is 18.1. The molecule has 166 valence electrons. The third kappa shape index (κ3) is 4.50. The molecule has 1 aliphatic heterocycles. The Labute approximate surface area is 176 Å². The average Bonchev–Trinajstić information content (AvgIpc) is 3.28. The smallest absolute Gasteiger partial charge is 0.353 e. The Kier molecular flexibility index (Phi) is 6.78. The molecule has 1 saturated heterocycles. The summed E-state index contributed by atoms with van der Waals surface area (Å²) in [7, 11) is -2.20. The van der Waals surface area contributed by atoms with Gasteiger partial charge >= 0.3 is 6.09 Å². The van der Waals surface area contributed by atoms with Gasteiger partial charge in [0.15, 0.2) is 0 Å². The molecule has 0 aromatic heterocycles. The second kappa shape index (κ2) is 8.99. The number of carbonyl (C=O) groups is 2. The first-order chi connectivity index (χ1) is 14.1. The fourth-order valence-corrected chi connectivity index (χ4v) is 5.87. The Morgan fingerprint density at radius 1 is 1.27 bits per heavy atom. The molecule has 1 aromatic rings. The van der Waals surface area contributed by atoms with Gasteiger partial charge in [-0.15, -0.1) is 5.48 Å². The maximum absolute atomic E-state index is 13.1. The standard InChI is InChI=1S/C20H28FN3O5S/c1-13(2)19(12-25)23(3)20(26)29-22-18-9-4-14-10-24(11-17(14)18)30(27,28)16-7-5-15(21)6-8-16/h5-8,12-14,17-19,22H,4,9-11H2,1-3H3/t14-,17+,18+,19-/m1/s1. The van der Waals surface area contributed by atoms with Gasteiger partial charge in [0.05, 0.1) is 10.9 Å². The minimum absolute atomic E-state index is 0.00490. The van der Waals surface area contributed by atoms with Crippen LogP contribution in [0.4, 0.5) is 9.18 Å². The number of aldehydes is 1. The molecule has 4 atom stereocenters. The number of carbonyl (C=O) groups excluding carboxylic acids is 2. The molecule has 1 amide bonds. The number of fused-ring (bicyclic) bond motifs is 1. The molecule has 1 aromatic carbocycles. The van der Waals surface area contributed by atoms with E-state index >= 15 is 0 Å². The van der Waals surface area contributed by atoms with Crippen molar-refractivity contribution < 1.29 is 27.2 Å². The lowest BCUT2D eigenvalue weighted by molar-refractivity contribution is -0.113. The molecule has 3 rings (SSSR count). The Morgan fingerprint density at radius 3 is 2.53 bits per heavy atom. The van der Waals surface area contributed by atoms with Crippen LogP contribution in [0.15, 0.2) is 29.2 Å². The summed E-state index contributed by atoms with van der Waals surface area (Å²) < 4.78 is 40.3. The number of likely N-dealkylation sites (N-methyl/N-ethyl adjacent to an activating group) is 1. The second-order valence-electron chi connectivity index (χ2n) is 8.35. The van der Waals surface area contributed by atoms with Gasteiger partial charge in [0.25, 0.3) is 0 Å². The highest BCUT2D eigenvalue weighted by Gasteiger charge is 2.47. The number of sulfonamides is 1. The predicted octanol–water partition coefficient (Wildman–Crippen LogP) is 2.02. The van der Waals surface area contributed by atoms with Gasteiger partial charge in [-0.1, -0.05) is 13.8 Å². The zero-order chi connectivity index (χ0) is 22.1. The van der Waals surface area contributed by atoms with Gasteiger partial charge in [0.2, 0.25) is 10.0 Å². The largest absolute Gasteiger partial charge is 0.429 e. The van der Waals surface area contributed by atoms with Gasteiger partial charge in [0, 0.05) is 26.2 Å². The quantitative estimate of drug-likeness (QED) is 0.514. The first-order valence-electron chi connectivity index (χ1n) is 10.0. The number of hydrogen-bond donors (Lipinski definition) is 1. The summed E-state index contributed by atoms with van der Waals surface area (Å²) in [5, 5.41) is 0. The van der Waals surface area contributed by atoms with Gasteiger partial charge in [-0.25, -0.2) is 17.6 Å². The van der Waals surface area contributed by atoms with Crippen molar-refractivity contribution in [3.8, 4) is 0 Å². The molecule has 0 radical (unpaired) electrons. The second-order valence-corrected chi connectivity index (χ2v) is 10.3. The summed E-state index contributed by atoms with van der Waals surface area (Å²) in [6.07, 6.45) is 1.64. The van der Waals surface area contributed by atoms with Crippen molar-refractivity contribution in [2.45, 2.75) is 43.7 Å². The number of amides is 1. The molecule has 8 nitrogen and oxygen atoms in total. The van der Waals surface area contributed by atoms with Crippen LogP contribution in [0.25, 0.3) is 0 Å². The first-order valence-corrected chi connectivity index (χ1v) is 11.5. The molecule has 2 fully saturated rings. The van der Waals surface area contributed by atoms with Gasteiger partial charge in [-0.3, -0.25) is 4.90 Å². The van der Waals surface area contributed by atoms with Gasteiger partial charge < -0.3 is 9.63 Å². The molecule has 0 bridgehead atoms. The molecule has 1 N–H and O–H groups in total. The van der Waals surface area contributed by atoms with Crippen molar-refractivity contribution in [3.63, 3.8) is 0 Å². The number of rotatable bonds is 7. The van der Waals surface area contributed by atoms with Crippen LogP contribution in [-0.2, 0) is 19.7 Å². The van der Waals surface area contributed by atoms with Crippen LogP contribution in [0.3, 0.4) is 0 Å². The number of nitrogens with one attached hydrogen (secondary N) is 1. The zero-order valence-electron chi connectivity index (χ0n) is 17.3. The van der Waals surface area contributed by atoms with Gasteiger partial charge in [-0.05, 0) is 54.9 Å². The van der Waals surface area contributed by atoms with E-state index < -0.39 is 28.0 Å². The molecule has 1 heterocycles. The Morgan fingerprint density at radius 2 is 1.93 bits per heavy atom. The average molecular weight is 442 g/mol. The van der Waals surface area contributed by atoms with Crippen LogP contribution in [0.2, 0.25) is 0 Å². The summed E-state index contributed by atoms with van der Waals surface area (Å²) >= 11 is 0. The van der Waals surface area contributed by atoms with Crippen molar-refractivity contribution in [1.82, 2.24) is 14.7 Å². The number of hydrogen-bond acceptors (Lipinski definition) is 6. The Hall–Kier alpha value is -2.04. The molecule has 0 spiro atoms. The molecular formula is C20H28FN3O5S. The molecule has 10 heteroatoms. The van der Waals surface area contributed by atoms with Crippen LogP contribution in [0.1, 0.15) is 26.7 Å². The fraction of sp³-hybridized carbons (Fsp3) is 0.600. The van der Waals surface area contributed by atoms with Gasteiger partial charge in [0.1, 0.15) is 12.1 Å². The van der Waals surface area contributed by atoms with Crippen LogP contribution in [-0.4, -0.2) is 62.2 Å². The van der Waals surface area contributed by atoms with E-state index in [-0.39, 0.29) is 28.7 Å². The lowest BCUT2D eigenvalue weighted by Crippen LogP contribution is -2.46. The molecular weight excluding hydrogens is 413 g/mol. The predicted molar refractivity (Wildman–Crippen MR) is 107 cm³/mol. The molecule has 30 heavy (non-hydrogen) atoms. The van der Waals surface area contributed by atoms with Crippen molar-refractivity contribution in [3.05, 3.63) is 30.1 Å². The number of halogens is 1. The van der Waals surface area contributed by atoms with Crippen molar-refractivity contribution in [2.75, 3.05) is 20.1 Å². The van der Waals surface area contributed by atoms with Crippen LogP contribution >= 0.6 is 0 Å². The van der Waals surface area contributed by atoms with E-state index in [0.717, 1.165) is 25.0 Å². The van der Waals surface area contributed by atoms with Crippen molar-refractivity contribution in [1.29, 1.82) is 0 Å². The summed E-state index contributed by atoms with van der Waals surface area (Å²) in [6.45, 7) is 4.37. The number of hydroxylamine groups is 1. The highest BCUT2D eigenvalue weighted by atomic mass is 32.2. The lowest BCUT2D eigenvalue weighted by atomic mass is 9.98. The summed E-state index contributed by atoms with van der Waals surface area (Å²) in [5.41, 5.74) is 2.79. The van der Waals surface area contributed by atoms with E-state index in [1.54, 1.807) is 0 Å². The van der Waals surface area contributed by atoms with E-state index in [4.69, 9.17) is 4.84 Å². The first kappa shape index (κ1) is 22.6. The van der Waals surface area contributed by atoms with E-state index in [2.05, 4.69) is 5.48 Å². The van der Waals surface area contributed by atoms with Crippen molar-refractivity contribution in [2.24, 2.45) is 17.8 Å². The monoisotopic (exact) mass is 441 g/mol. The molecule has 0 unspecified atom stereocenters. The highest BCUT2D eigenvalue weighted by molar-refractivity contribution is 7.89. The van der Waals surface area contributed by atoms with Crippen molar-refractivity contribution >= 4 is 22.4 Å². The van der Waals surface area contributed by atoms with Crippen LogP contribution < -0.4 is 5.48 Å². The number of nitrogens with zero attached hydrogens (tertiary/aromatic N) is 2. The summed E-state index contributed by atoms with van der Waals surface area (Å²) in [5.74, 6) is -0.369. The van der Waals surface area contributed by atoms with Crippen LogP contribution in [0.5, 0.6) is 0 Å². The van der Waals surface area contributed by atoms with Crippen LogP contribution in [0, 0.1) is 23.6 Å². The van der Waals surface area contributed by atoms with E-state index in [1.807, 2.05) is 13.8 Å². The topological polar surface area (TPSA) is 96.0 Å². The van der Waals surface area contributed by atoms with Gasteiger partial charge in [-0.2, -0.15) is 4.31 Å². The minimum Gasteiger partial charge on any atom is -0.353 e. The highest BCUT2D eigenvalue weighted by Crippen LogP contribution is 2.40.